The first-order chi connectivity index (χ1) is 7.92. The minimum atomic E-state index is -3.02. The standard InChI is InChI=1S/C11H16BrNO2S2/c1-7-6-8(12)11(16-7)10(13)9-4-2-3-5-17(9,14)15/h6,9-10H,2-5,13H2,1H3. The van der Waals surface area contributed by atoms with Gasteiger partial charge in [-0.2, -0.15) is 0 Å². The Kier molecular flexibility index (Phi) is 3.97. The van der Waals surface area contributed by atoms with Gasteiger partial charge in [0.1, 0.15) is 0 Å². The van der Waals surface area contributed by atoms with Gasteiger partial charge in [0.25, 0.3) is 0 Å². The van der Waals surface area contributed by atoms with E-state index in [0.29, 0.717) is 6.42 Å². The molecule has 0 radical (unpaired) electrons. The summed E-state index contributed by atoms with van der Waals surface area (Å²) in [5.74, 6) is 0.285. The molecule has 1 aliphatic heterocycles. The van der Waals surface area contributed by atoms with Gasteiger partial charge in [-0.1, -0.05) is 6.42 Å². The van der Waals surface area contributed by atoms with E-state index < -0.39 is 21.1 Å². The number of hydrogen-bond acceptors (Lipinski definition) is 4. The molecule has 3 nitrogen and oxygen atoms in total. The molecule has 1 aromatic rings. The van der Waals surface area contributed by atoms with Crippen LogP contribution in [-0.4, -0.2) is 19.4 Å². The first kappa shape index (κ1) is 13.5. The molecule has 0 saturated carbocycles. The molecule has 0 spiro atoms. The van der Waals surface area contributed by atoms with Crippen molar-refractivity contribution >= 4 is 37.1 Å². The van der Waals surface area contributed by atoms with Crippen LogP contribution in [0.15, 0.2) is 10.5 Å². The lowest BCUT2D eigenvalue weighted by Crippen LogP contribution is -2.37. The van der Waals surface area contributed by atoms with Crippen LogP contribution in [0, 0.1) is 6.92 Å². The average molecular weight is 338 g/mol. The molecule has 2 heterocycles. The van der Waals surface area contributed by atoms with E-state index >= 15 is 0 Å². The van der Waals surface area contributed by atoms with Crippen LogP contribution in [0.2, 0.25) is 0 Å². The van der Waals surface area contributed by atoms with Gasteiger partial charge in [-0.05, 0) is 41.8 Å². The predicted molar refractivity (Wildman–Crippen MR) is 75.1 cm³/mol. The summed E-state index contributed by atoms with van der Waals surface area (Å²) < 4.78 is 25.0. The van der Waals surface area contributed by atoms with Crippen molar-refractivity contribution in [2.45, 2.75) is 37.5 Å². The predicted octanol–water partition coefficient (Wildman–Crippen LogP) is 2.79. The monoisotopic (exact) mass is 337 g/mol. The van der Waals surface area contributed by atoms with Crippen molar-refractivity contribution in [2.24, 2.45) is 5.73 Å². The molecule has 0 bridgehead atoms. The Morgan fingerprint density at radius 2 is 2.24 bits per heavy atom. The summed E-state index contributed by atoms with van der Waals surface area (Å²) in [5.41, 5.74) is 6.16. The first-order valence-electron chi connectivity index (χ1n) is 5.65. The summed E-state index contributed by atoms with van der Waals surface area (Å²) in [6.45, 7) is 2.00. The highest BCUT2D eigenvalue weighted by molar-refractivity contribution is 9.10. The van der Waals surface area contributed by atoms with E-state index in [1.807, 2.05) is 13.0 Å². The van der Waals surface area contributed by atoms with Gasteiger partial charge in [0.15, 0.2) is 9.84 Å². The second kappa shape index (κ2) is 4.99. The fourth-order valence-corrected chi connectivity index (χ4v) is 6.37. The van der Waals surface area contributed by atoms with Gasteiger partial charge in [-0.3, -0.25) is 0 Å². The maximum Gasteiger partial charge on any atom is 0.155 e. The fourth-order valence-electron chi connectivity index (χ4n) is 2.28. The van der Waals surface area contributed by atoms with Crippen LogP contribution < -0.4 is 5.73 Å². The number of aryl methyl sites for hydroxylation is 1. The number of thiophene rings is 1. The van der Waals surface area contributed by atoms with E-state index in [4.69, 9.17) is 5.73 Å². The van der Waals surface area contributed by atoms with E-state index in [2.05, 4.69) is 15.9 Å². The van der Waals surface area contributed by atoms with Crippen molar-refractivity contribution in [3.8, 4) is 0 Å². The molecule has 6 heteroatoms. The maximum atomic E-state index is 12.0. The number of hydrogen-bond donors (Lipinski definition) is 1. The molecule has 96 valence electrons. The van der Waals surface area contributed by atoms with Gasteiger partial charge < -0.3 is 5.73 Å². The van der Waals surface area contributed by atoms with E-state index in [1.54, 1.807) is 11.3 Å². The lowest BCUT2D eigenvalue weighted by atomic mass is 10.1. The molecule has 2 N–H and O–H groups in total. The molecule has 0 amide bonds. The van der Waals surface area contributed by atoms with E-state index in [1.165, 1.54) is 0 Å². The average Bonchev–Trinajstić information content (AvgIpc) is 2.56. The number of nitrogens with two attached hydrogens (primary N) is 1. The van der Waals surface area contributed by atoms with Crippen LogP contribution in [0.3, 0.4) is 0 Å². The SMILES string of the molecule is Cc1cc(Br)c(C(N)C2CCCCS2(=O)=O)s1. The second-order valence-electron chi connectivity index (χ2n) is 4.50. The topological polar surface area (TPSA) is 60.2 Å². The number of halogens is 1. The molecule has 2 rings (SSSR count). The largest absolute Gasteiger partial charge is 0.322 e. The third kappa shape index (κ3) is 2.75. The van der Waals surface area contributed by atoms with Gasteiger partial charge in [0.2, 0.25) is 0 Å². The molecule has 2 atom stereocenters. The normalized spacial score (nSPS) is 25.7. The Morgan fingerprint density at radius 3 is 2.76 bits per heavy atom. The molecule has 1 fully saturated rings. The summed E-state index contributed by atoms with van der Waals surface area (Å²) in [4.78, 5) is 2.11. The van der Waals surface area contributed by atoms with Crippen molar-refractivity contribution in [2.75, 3.05) is 5.75 Å². The van der Waals surface area contributed by atoms with Crippen LogP contribution in [0.1, 0.15) is 35.1 Å². The van der Waals surface area contributed by atoms with Gasteiger partial charge >= 0.3 is 0 Å². The highest BCUT2D eigenvalue weighted by atomic mass is 79.9. The minimum Gasteiger partial charge on any atom is -0.322 e. The highest BCUT2D eigenvalue weighted by Crippen LogP contribution is 2.37. The fraction of sp³-hybridized carbons (Fsp3) is 0.636. The molecule has 0 aromatic carbocycles. The van der Waals surface area contributed by atoms with Gasteiger partial charge in [-0.25, -0.2) is 8.42 Å². The minimum absolute atomic E-state index is 0.285. The Hall–Kier alpha value is 0.0900. The van der Waals surface area contributed by atoms with Gasteiger partial charge in [0, 0.05) is 14.2 Å². The Morgan fingerprint density at radius 1 is 1.53 bits per heavy atom. The summed E-state index contributed by atoms with van der Waals surface area (Å²) in [6.07, 6.45) is 2.42. The third-order valence-electron chi connectivity index (χ3n) is 3.17. The maximum absolute atomic E-state index is 12.0. The van der Waals surface area contributed by atoms with Gasteiger partial charge in [0.05, 0.1) is 17.0 Å². The lowest BCUT2D eigenvalue weighted by molar-refractivity contribution is 0.507. The Labute approximate surface area is 114 Å². The van der Waals surface area contributed by atoms with E-state index in [-0.39, 0.29) is 5.75 Å². The quantitative estimate of drug-likeness (QED) is 0.902. The Bertz CT molecular complexity index is 510. The number of rotatable bonds is 2. The van der Waals surface area contributed by atoms with Crippen molar-refractivity contribution in [3.63, 3.8) is 0 Å². The summed E-state index contributed by atoms with van der Waals surface area (Å²) in [5, 5.41) is -0.411. The van der Waals surface area contributed by atoms with Gasteiger partial charge in [-0.15, -0.1) is 11.3 Å². The summed E-state index contributed by atoms with van der Waals surface area (Å²) in [6, 6.07) is 1.60. The molecular formula is C11H16BrNO2S2. The van der Waals surface area contributed by atoms with E-state index in [0.717, 1.165) is 27.1 Å². The summed E-state index contributed by atoms with van der Waals surface area (Å²) in [7, 11) is -3.02. The molecule has 1 aromatic heterocycles. The van der Waals surface area contributed by atoms with Crippen LogP contribution in [0.25, 0.3) is 0 Å². The van der Waals surface area contributed by atoms with Crippen LogP contribution >= 0.6 is 27.3 Å². The lowest BCUT2D eigenvalue weighted by Gasteiger charge is -2.27. The molecular weight excluding hydrogens is 322 g/mol. The molecule has 17 heavy (non-hydrogen) atoms. The molecule has 0 aliphatic carbocycles. The zero-order chi connectivity index (χ0) is 12.6. The molecule has 2 unspecified atom stereocenters. The highest BCUT2D eigenvalue weighted by Gasteiger charge is 2.35. The van der Waals surface area contributed by atoms with Crippen molar-refractivity contribution in [1.29, 1.82) is 0 Å². The smallest absolute Gasteiger partial charge is 0.155 e. The van der Waals surface area contributed by atoms with Crippen molar-refractivity contribution < 1.29 is 8.42 Å². The first-order valence-corrected chi connectivity index (χ1v) is 8.97. The van der Waals surface area contributed by atoms with Crippen LogP contribution in [0.5, 0.6) is 0 Å². The number of sulfone groups is 1. The van der Waals surface area contributed by atoms with Crippen molar-refractivity contribution in [1.82, 2.24) is 0 Å². The third-order valence-corrected chi connectivity index (χ3v) is 7.55. The second-order valence-corrected chi connectivity index (χ2v) is 8.98. The van der Waals surface area contributed by atoms with E-state index in [9.17, 15) is 8.42 Å². The van der Waals surface area contributed by atoms with Crippen LogP contribution in [-0.2, 0) is 9.84 Å². The molecule has 1 aliphatic rings. The van der Waals surface area contributed by atoms with Crippen LogP contribution in [0.4, 0.5) is 0 Å². The zero-order valence-corrected chi connectivity index (χ0v) is 12.9. The Balaban J connectivity index is 2.31. The zero-order valence-electron chi connectivity index (χ0n) is 9.65. The molecule has 1 saturated heterocycles. The summed E-state index contributed by atoms with van der Waals surface area (Å²) >= 11 is 5.04. The van der Waals surface area contributed by atoms with Crippen molar-refractivity contribution in [3.05, 3.63) is 20.3 Å².